The van der Waals surface area contributed by atoms with Crippen molar-refractivity contribution in [2.24, 2.45) is 0 Å². The van der Waals surface area contributed by atoms with Gasteiger partial charge in [0, 0.05) is 23.4 Å². The van der Waals surface area contributed by atoms with Crippen LogP contribution in [0.15, 0.2) is 36.4 Å². The third kappa shape index (κ3) is 3.91. The highest BCUT2D eigenvalue weighted by atomic mass is 16.1. The van der Waals surface area contributed by atoms with Crippen molar-refractivity contribution in [3.05, 3.63) is 64.6 Å². The van der Waals surface area contributed by atoms with E-state index in [2.05, 4.69) is 25.7 Å². The van der Waals surface area contributed by atoms with E-state index in [1.165, 1.54) is 0 Å². The van der Waals surface area contributed by atoms with Crippen LogP contribution < -0.4 is 5.32 Å². The van der Waals surface area contributed by atoms with Crippen molar-refractivity contribution in [3.8, 4) is 11.3 Å². The summed E-state index contributed by atoms with van der Waals surface area (Å²) in [6, 6.07) is 11.2. The van der Waals surface area contributed by atoms with E-state index in [9.17, 15) is 4.79 Å². The van der Waals surface area contributed by atoms with Gasteiger partial charge in [0.2, 0.25) is 0 Å². The van der Waals surface area contributed by atoms with Crippen molar-refractivity contribution in [1.82, 2.24) is 25.7 Å². The maximum Gasteiger partial charge on any atom is 0.251 e. The molecule has 2 aromatic heterocycles. The molecule has 0 aliphatic rings. The van der Waals surface area contributed by atoms with Gasteiger partial charge < -0.3 is 5.32 Å². The molecule has 0 atom stereocenters. The van der Waals surface area contributed by atoms with Crippen LogP contribution in [0.4, 0.5) is 0 Å². The molecule has 2 heterocycles. The maximum atomic E-state index is 12.3. The molecule has 0 spiro atoms. The Balaban J connectivity index is 1.60. The van der Waals surface area contributed by atoms with Crippen molar-refractivity contribution < 1.29 is 4.79 Å². The lowest BCUT2D eigenvalue weighted by molar-refractivity contribution is 0.0954. The normalized spacial score (nSPS) is 10.7. The van der Waals surface area contributed by atoms with Gasteiger partial charge in [0.1, 0.15) is 0 Å². The van der Waals surface area contributed by atoms with Crippen LogP contribution >= 0.6 is 0 Å². The fourth-order valence-corrected chi connectivity index (χ4v) is 2.69. The quantitative estimate of drug-likeness (QED) is 0.751. The number of benzene rings is 1. The van der Waals surface area contributed by atoms with E-state index in [4.69, 9.17) is 0 Å². The minimum Gasteiger partial charge on any atom is -0.352 e. The molecule has 0 fully saturated rings. The molecule has 128 valence electrons. The van der Waals surface area contributed by atoms with Gasteiger partial charge in [-0.05, 0) is 57.0 Å². The van der Waals surface area contributed by atoms with Crippen LogP contribution in [0.5, 0.6) is 0 Å². The van der Waals surface area contributed by atoms with E-state index in [0.29, 0.717) is 12.1 Å². The number of H-pyrrole nitrogens is 1. The molecule has 25 heavy (non-hydrogen) atoms. The van der Waals surface area contributed by atoms with Gasteiger partial charge in [-0.3, -0.25) is 9.89 Å². The second kappa shape index (κ2) is 7.25. The lowest BCUT2D eigenvalue weighted by Crippen LogP contribution is -2.25. The fourth-order valence-electron chi connectivity index (χ4n) is 2.69. The molecule has 6 heteroatoms. The summed E-state index contributed by atoms with van der Waals surface area (Å²) in [6.45, 7) is 6.43. The van der Waals surface area contributed by atoms with Gasteiger partial charge in [-0.15, -0.1) is 0 Å². The molecule has 1 aromatic carbocycles. The minimum absolute atomic E-state index is 0.0830. The molecular weight excluding hydrogens is 314 g/mol. The molecule has 0 unspecified atom stereocenters. The number of aryl methyl sites for hydroxylation is 3. The molecule has 0 saturated heterocycles. The molecular formula is C19H21N5O. The molecule has 2 N–H and O–H groups in total. The highest BCUT2D eigenvalue weighted by Gasteiger charge is 2.09. The molecule has 0 saturated carbocycles. The molecule has 6 nitrogen and oxygen atoms in total. The summed E-state index contributed by atoms with van der Waals surface area (Å²) >= 11 is 0. The number of carbonyl (C=O) groups excluding carboxylic acids is 1. The molecule has 0 bridgehead atoms. The van der Waals surface area contributed by atoms with Gasteiger partial charge in [-0.2, -0.15) is 15.3 Å². The van der Waals surface area contributed by atoms with E-state index in [1.54, 1.807) is 12.1 Å². The third-order valence-corrected chi connectivity index (χ3v) is 4.18. The number of hydrogen-bond donors (Lipinski definition) is 2. The van der Waals surface area contributed by atoms with Gasteiger partial charge in [-0.1, -0.05) is 12.1 Å². The van der Waals surface area contributed by atoms with Crippen LogP contribution in [-0.2, 0) is 6.42 Å². The third-order valence-electron chi connectivity index (χ3n) is 4.18. The SMILES string of the molecule is Cc1ccc(-c2ccc(C(=O)NCCc3c(C)n[nH]c3C)cc2)nn1. The lowest BCUT2D eigenvalue weighted by Gasteiger charge is -2.07. The number of hydrogen-bond acceptors (Lipinski definition) is 4. The number of rotatable bonds is 5. The average molecular weight is 335 g/mol. The Morgan fingerprint density at radius 1 is 1.04 bits per heavy atom. The Morgan fingerprint density at radius 2 is 1.80 bits per heavy atom. The van der Waals surface area contributed by atoms with Gasteiger partial charge >= 0.3 is 0 Å². The van der Waals surface area contributed by atoms with Crippen LogP contribution in [0.2, 0.25) is 0 Å². The largest absolute Gasteiger partial charge is 0.352 e. The zero-order chi connectivity index (χ0) is 17.8. The van der Waals surface area contributed by atoms with Gasteiger partial charge in [0.05, 0.1) is 17.1 Å². The number of aromatic nitrogens is 4. The smallest absolute Gasteiger partial charge is 0.251 e. The Bertz CT molecular complexity index is 846. The first kappa shape index (κ1) is 16.8. The Morgan fingerprint density at radius 3 is 2.40 bits per heavy atom. The van der Waals surface area contributed by atoms with E-state index >= 15 is 0 Å². The number of aromatic amines is 1. The van der Waals surface area contributed by atoms with Crippen molar-refractivity contribution in [2.75, 3.05) is 6.54 Å². The Kier molecular flexibility index (Phi) is 4.88. The number of nitrogens with zero attached hydrogens (tertiary/aromatic N) is 3. The lowest BCUT2D eigenvalue weighted by atomic mass is 10.1. The summed E-state index contributed by atoms with van der Waals surface area (Å²) in [7, 11) is 0. The van der Waals surface area contributed by atoms with Crippen LogP contribution in [0.3, 0.4) is 0 Å². The first-order chi connectivity index (χ1) is 12.0. The van der Waals surface area contributed by atoms with Crippen molar-refractivity contribution in [2.45, 2.75) is 27.2 Å². The highest BCUT2D eigenvalue weighted by Crippen LogP contribution is 2.17. The molecule has 0 radical (unpaired) electrons. The molecule has 3 rings (SSSR count). The summed E-state index contributed by atoms with van der Waals surface area (Å²) in [5, 5.41) is 18.3. The zero-order valence-electron chi connectivity index (χ0n) is 14.6. The minimum atomic E-state index is -0.0830. The van der Waals surface area contributed by atoms with Gasteiger partial charge in [0.25, 0.3) is 5.91 Å². The summed E-state index contributed by atoms with van der Waals surface area (Å²) < 4.78 is 0. The highest BCUT2D eigenvalue weighted by molar-refractivity contribution is 5.94. The van der Waals surface area contributed by atoms with Crippen LogP contribution in [0.25, 0.3) is 11.3 Å². The molecule has 3 aromatic rings. The topological polar surface area (TPSA) is 83.6 Å². The number of amides is 1. The average Bonchev–Trinajstić information content (AvgIpc) is 2.94. The van der Waals surface area contributed by atoms with E-state index in [0.717, 1.165) is 40.3 Å². The van der Waals surface area contributed by atoms with Crippen LogP contribution in [-0.4, -0.2) is 32.8 Å². The summed E-state index contributed by atoms with van der Waals surface area (Å²) in [5.41, 5.74) is 6.43. The predicted molar refractivity (Wildman–Crippen MR) is 96.3 cm³/mol. The molecule has 1 amide bonds. The molecule has 0 aliphatic heterocycles. The maximum absolute atomic E-state index is 12.3. The van der Waals surface area contributed by atoms with Crippen molar-refractivity contribution in [3.63, 3.8) is 0 Å². The van der Waals surface area contributed by atoms with E-state index in [-0.39, 0.29) is 5.91 Å². The number of nitrogens with one attached hydrogen (secondary N) is 2. The second-order valence-electron chi connectivity index (χ2n) is 6.06. The monoisotopic (exact) mass is 335 g/mol. The molecule has 0 aliphatic carbocycles. The first-order valence-electron chi connectivity index (χ1n) is 8.24. The number of carbonyl (C=O) groups is 1. The van der Waals surface area contributed by atoms with Crippen molar-refractivity contribution in [1.29, 1.82) is 0 Å². The standard InChI is InChI=1S/C19H21N5O/c1-12-4-9-18(24-21-12)15-5-7-16(8-6-15)19(25)20-11-10-17-13(2)22-23-14(17)3/h4-9H,10-11H2,1-3H3,(H,20,25)(H,22,23). The summed E-state index contributed by atoms with van der Waals surface area (Å²) in [4.78, 5) is 12.3. The zero-order valence-corrected chi connectivity index (χ0v) is 14.6. The Hall–Kier alpha value is -3.02. The first-order valence-corrected chi connectivity index (χ1v) is 8.24. The predicted octanol–water partition coefficient (Wildman–Crippen LogP) is 2.76. The summed E-state index contributed by atoms with van der Waals surface area (Å²) in [5.74, 6) is -0.0830. The summed E-state index contributed by atoms with van der Waals surface area (Å²) in [6.07, 6.45) is 0.761. The Labute approximate surface area is 146 Å². The van der Waals surface area contributed by atoms with E-state index < -0.39 is 0 Å². The van der Waals surface area contributed by atoms with E-state index in [1.807, 2.05) is 45.0 Å². The van der Waals surface area contributed by atoms with Crippen LogP contribution in [0, 0.1) is 20.8 Å². The second-order valence-corrected chi connectivity index (χ2v) is 6.06. The van der Waals surface area contributed by atoms with Gasteiger partial charge in [-0.25, -0.2) is 0 Å². The van der Waals surface area contributed by atoms with Crippen molar-refractivity contribution >= 4 is 5.91 Å². The fraction of sp³-hybridized carbons (Fsp3) is 0.263. The van der Waals surface area contributed by atoms with Crippen LogP contribution in [0.1, 0.15) is 33.0 Å². The van der Waals surface area contributed by atoms with Gasteiger partial charge in [0.15, 0.2) is 0 Å².